The molecule has 0 aromatic heterocycles. The first-order chi connectivity index (χ1) is 10.1. The van der Waals surface area contributed by atoms with E-state index in [-0.39, 0.29) is 18.1 Å². The van der Waals surface area contributed by atoms with Crippen LogP contribution in [0.1, 0.15) is 24.8 Å². The number of urea groups is 1. The van der Waals surface area contributed by atoms with Gasteiger partial charge in [0.1, 0.15) is 0 Å². The molecule has 0 aliphatic heterocycles. The van der Waals surface area contributed by atoms with Crippen LogP contribution in [-0.2, 0) is 5.75 Å². The molecule has 1 aromatic carbocycles. The number of carbonyl (C=O) groups is 1. The maximum Gasteiger partial charge on any atom is 0.319 e. The van der Waals surface area contributed by atoms with Gasteiger partial charge in [0, 0.05) is 18.2 Å². The number of nitrogens with one attached hydrogen (secondary N) is 2. The minimum Gasteiger partial charge on any atom is -0.393 e. The summed E-state index contributed by atoms with van der Waals surface area (Å²) in [4.78, 5) is 11.9. The highest BCUT2D eigenvalue weighted by Gasteiger charge is 2.25. The lowest BCUT2D eigenvalue weighted by molar-refractivity contribution is 0.133. The number of aliphatic hydroxyl groups is 1. The second-order valence-electron chi connectivity index (χ2n) is 5.34. The van der Waals surface area contributed by atoms with Crippen molar-refractivity contribution < 1.29 is 9.90 Å². The molecule has 0 radical (unpaired) electrons. The van der Waals surface area contributed by atoms with Crippen LogP contribution in [0, 0.1) is 5.92 Å². The number of hydrogen-bond donors (Lipinski definition) is 3. The van der Waals surface area contributed by atoms with E-state index in [1.54, 1.807) is 17.8 Å². The summed E-state index contributed by atoms with van der Waals surface area (Å²) >= 11 is 7.82. The van der Waals surface area contributed by atoms with Crippen molar-refractivity contribution >= 4 is 35.1 Å². The monoisotopic (exact) mass is 328 g/mol. The lowest BCUT2D eigenvalue weighted by Crippen LogP contribution is -2.35. The predicted molar refractivity (Wildman–Crippen MR) is 89.0 cm³/mol. The van der Waals surface area contributed by atoms with Crippen molar-refractivity contribution in [2.75, 3.05) is 18.1 Å². The smallest absolute Gasteiger partial charge is 0.319 e. The third-order valence-corrected chi connectivity index (χ3v) is 4.69. The average molecular weight is 329 g/mol. The van der Waals surface area contributed by atoms with Crippen molar-refractivity contribution in [3.63, 3.8) is 0 Å². The zero-order chi connectivity index (χ0) is 15.2. The van der Waals surface area contributed by atoms with Gasteiger partial charge in [0.2, 0.25) is 0 Å². The molecule has 2 amide bonds. The summed E-state index contributed by atoms with van der Waals surface area (Å²) in [5.74, 6) is 1.04. The first-order valence-corrected chi connectivity index (χ1v) is 8.87. The van der Waals surface area contributed by atoms with Crippen LogP contribution >= 0.6 is 23.4 Å². The fraction of sp³-hybridized carbons (Fsp3) is 0.533. The molecule has 0 saturated heterocycles. The molecule has 3 N–H and O–H groups in total. The number of thioether (sulfide) groups is 1. The third-order valence-electron chi connectivity index (χ3n) is 3.73. The van der Waals surface area contributed by atoms with Gasteiger partial charge in [0.25, 0.3) is 0 Å². The van der Waals surface area contributed by atoms with E-state index in [1.165, 1.54) is 0 Å². The Morgan fingerprint density at radius 1 is 1.48 bits per heavy atom. The van der Waals surface area contributed by atoms with E-state index < -0.39 is 0 Å². The molecule has 6 heteroatoms. The Bertz CT molecular complexity index is 499. The Morgan fingerprint density at radius 3 is 2.95 bits per heavy atom. The molecule has 4 nitrogen and oxygen atoms in total. The number of halogens is 1. The molecule has 2 atom stereocenters. The SMILES string of the molecule is CSCc1ccc(Cl)c(NC(=O)NCC2CCCC2O)c1. The van der Waals surface area contributed by atoms with Gasteiger partial charge in [-0.05, 0) is 36.8 Å². The van der Waals surface area contributed by atoms with E-state index in [2.05, 4.69) is 10.6 Å². The number of amides is 2. The van der Waals surface area contributed by atoms with E-state index in [1.807, 2.05) is 18.4 Å². The number of rotatable bonds is 5. The molecule has 116 valence electrons. The summed E-state index contributed by atoms with van der Waals surface area (Å²) in [5.41, 5.74) is 1.74. The van der Waals surface area contributed by atoms with Crippen LogP contribution in [0.2, 0.25) is 5.02 Å². The lowest BCUT2D eigenvalue weighted by Gasteiger charge is -2.16. The molecule has 0 bridgehead atoms. The first kappa shape index (κ1) is 16.5. The summed E-state index contributed by atoms with van der Waals surface area (Å²) in [6.45, 7) is 0.495. The minimum absolute atomic E-state index is 0.161. The maximum absolute atomic E-state index is 11.9. The third kappa shape index (κ3) is 4.80. The van der Waals surface area contributed by atoms with Crippen molar-refractivity contribution in [2.45, 2.75) is 31.1 Å². The molecule has 1 aliphatic carbocycles. The zero-order valence-corrected chi connectivity index (χ0v) is 13.6. The van der Waals surface area contributed by atoms with Gasteiger partial charge in [-0.2, -0.15) is 11.8 Å². The Labute approximate surface area is 134 Å². The summed E-state index contributed by atoms with van der Waals surface area (Å²) in [7, 11) is 0. The standard InChI is InChI=1S/C15H21ClN2O2S/c1-21-9-10-5-6-12(16)13(7-10)18-15(20)17-8-11-3-2-4-14(11)19/h5-7,11,14,19H,2-4,8-9H2,1H3,(H2,17,18,20). The molecule has 2 unspecified atom stereocenters. The van der Waals surface area contributed by atoms with Crippen molar-refractivity contribution in [3.8, 4) is 0 Å². The Balaban J connectivity index is 1.88. The summed E-state index contributed by atoms with van der Waals surface area (Å²) in [6, 6.07) is 5.36. The average Bonchev–Trinajstić information content (AvgIpc) is 2.86. The van der Waals surface area contributed by atoms with Crippen LogP contribution in [0.25, 0.3) is 0 Å². The van der Waals surface area contributed by atoms with E-state index in [0.29, 0.717) is 17.3 Å². The Kier molecular flexibility index (Phi) is 6.21. The maximum atomic E-state index is 11.9. The molecule has 1 aromatic rings. The van der Waals surface area contributed by atoms with Gasteiger partial charge in [-0.3, -0.25) is 0 Å². The molecule has 1 fully saturated rings. The van der Waals surface area contributed by atoms with E-state index in [4.69, 9.17) is 11.6 Å². The van der Waals surface area contributed by atoms with Gasteiger partial charge in [0.05, 0.1) is 16.8 Å². The Hall–Kier alpha value is -0.910. The zero-order valence-electron chi connectivity index (χ0n) is 12.1. The second kappa shape index (κ2) is 7.92. The van der Waals surface area contributed by atoms with Gasteiger partial charge in [-0.1, -0.05) is 24.1 Å². The molecule has 2 rings (SSSR count). The normalized spacial score (nSPS) is 21.3. The van der Waals surface area contributed by atoms with E-state index in [0.717, 1.165) is 30.6 Å². The van der Waals surface area contributed by atoms with Crippen LogP contribution in [-0.4, -0.2) is 30.0 Å². The summed E-state index contributed by atoms with van der Waals surface area (Å²) < 4.78 is 0. The number of anilines is 1. The van der Waals surface area contributed by atoms with Gasteiger partial charge < -0.3 is 15.7 Å². The minimum atomic E-state index is -0.293. The second-order valence-corrected chi connectivity index (χ2v) is 6.61. The number of carbonyl (C=O) groups excluding carboxylic acids is 1. The van der Waals surface area contributed by atoms with Crippen LogP contribution < -0.4 is 10.6 Å². The number of benzene rings is 1. The van der Waals surface area contributed by atoms with Gasteiger partial charge in [-0.15, -0.1) is 0 Å². The highest BCUT2D eigenvalue weighted by molar-refractivity contribution is 7.97. The topological polar surface area (TPSA) is 61.4 Å². The number of aliphatic hydroxyl groups excluding tert-OH is 1. The van der Waals surface area contributed by atoms with Crippen molar-refractivity contribution in [1.82, 2.24) is 5.32 Å². The molecule has 0 spiro atoms. The molecule has 0 heterocycles. The van der Waals surface area contributed by atoms with E-state index >= 15 is 0 Å². The van der Waals surface area contributed by atoms with Crippen LogP contribution in [0.4, 0.5) is 10.5 Å². The van der Waals surface area contributed by atoms with Crippen LogP contribution in [0.15, 0.2) is 18.2 Å². The highest BCUT2D eigenvalue weighted by atomic mass is 35.5. The summed E-state index contributed by atoms with van der Waals surface area (Å²) in [5, 5.41) is 15.8. The Morgan fingerprint density at radius 2 is 2.29 bits per heavy atom. The molecular formula is C15H21ClN2O2S. The first-order valence-electron chi connectivity index (χ1n) is 7.10. The lowest BCUT2D eigenvalue weighted by atomic mass is 10.1. The molecule has 21 heavy (non-hydrogen) atoms. The molecular weight excluding hydrogens is 308 g/mol. The quantitative estimate of drug-likeness (QED) is 0.775. The van der Waals surface area contributed by atoms with Crippen molar-refractivity contribution in [2.24, 2.45) is 5.92 Å². The van der Waals surface area contributed by atoms with Crippen LogP contribution in [0.3, 0.4) is 0 Å². The fourth-order valence-electron chi connectivity index (χ4n) is 2.57. The van der Waals surface area contributed by atoms with Crippen LogP contribution in [0.5, 0.6) is 0 Å². The molecule has 1 aliphatic rings. The van der Waals surface area contributed by atoms with Crippen molar-refractivity contribution in [3.05, 3.63) is 28.8 Å². The number of hydrogen-bond acceptors (Lipinski definition) is 3. The van der Waals surface area contributed by atoms with Gasteiger partial charge in [-0.25, -0.2) is 4.79 Å². The predicted octanol–water partition coefficient (Wildman–Crippen LogP) is 3.49. The van der Waals surface area contributed by atoms with E-state index in [9.17, 15) is 9.90 Å². The van der Waals surface area contributed by atoms with Gasteiger partial charge in [0.15, 0.2) is 0 Å². The highest BCUT2D eigenvalue weighted by Crippen LogP contribution is 2.26. The van der Waals surface area contributed by atoms with Crippen molar-refractivity contribution in [1.29, 1.82) is 0 Å². The summed E-state index contributed by atoms with van der Waals surface area (Å²) in [6.07, 6.45) is 4.56. The van der Waals surface area contributed by atoms with Gasteiger partial charge >= 0.3 is 6.03 Å². The largest absolute Gasteiger partial charge is 0.393 e. The fourth-order valence-corrected chi connectivity index (χ4v) is 3.25. The molecule has 1 saturated carbocycles.